The molecule has 0 aliphatic carbocycles. The van der Waals surface area contributed by atoms with Crippen molar-refractivity contribution in [3.8, 4) is 0 Å². The predicted octanol–water partition coefficient (Wildman–Crippen LogP) is 4.03. The molecule has 1 unspecified atom stereocenters. The van der Waals surface area contributed by atoms with Crippen LogP contribution in [-0.2, 0) is 6.54 Å². The minimum absolute atomic E-state index is 0.0594. The van der Waals surface area contributed by atoms with Gasteiger partial charge in [0.25, 0.3) is 0 Å². The van der Waals surface area contributed by atoms with Crippen LogP contribution in [0.5, 0.6) is 0 Å². The van der Waals surface area contributed by atoms with E-state index in [2.05, 4.69) is 37.8 Å². The van der Waals surface area contributed by atoms with Gasteiger partial charge in [-0.2, -0.15) is 11.3 Å². The molecule has 3 heterocycles. The molecule has 0 radical (unpaired) electrons. The monoisotopic (exact) mass is 354 g/mol. The summed E-state index contributed by atoms with van der Waals surface area (Å²) in [6.45, 7) is 2.38. The minimum atomic E-state index is 0.0594. The average Bonchev–Trinajstić information content (AvgIpc) is 3.38. The summed E-state index contributed by atoms with van der Waals surface area (Å²) in [7, 11) is 0. The van der Waals surface area contributed by atoms with Gasteiger partial charge in [0.15, 0.2) is 0 Å². The van der Waals surface area contributed by atoms with Gasteiger partial charge in [-0.05, 0) is 53.8 Å². The van der Waals surface area contributed by atoms with Crippen molar-refractivity contribution in [2.75, 3.05) is 13.1 Å². The van der Waals surface area contributed by atoms with Crippen molar-refractivity contribution in [2.24, 2.45) is 0 Å². The molecule has 0 bridgehead atoms. The van der Waals surface area contributed by atoms with Gasteiger partial charge >= 0.3 is 6.03 Å². The number of carbonyl (C=O) groups is 1. The van der Waals surface area contributed by atoms with Gasteiger partial charge in [0, 0.05) is 19.6 Å². The standard InChI is InChI=1S/C19H22N4OS/c24-19(23-11-3-7-17(23)15-8-12-25-13-15)20-9-4-10-22-14-21-16-5-1-2-6-18(16)22/h1-2,5-6,8,12-14,17H,3-4,7,9-11H2,(H,20,24). The zero-order chi connectivity index (χ0) is 17.1. The largest absolute Gasteiger partial charge is 0.338 e. The van der Waals surface area contributed by atoms with Gasteiger partial charge < -0.3 is 14.8 Å². The fourth-order valence-electron chi connectivity index (χ4n) is 3.56. The number of nitrogens with one attached hydrogen (secondary N) is 1. The van der Waals surface area contributed by atoms with Gasteiger partial charge in [0.1, 0.15) is 0 Å². The fraction of sp³-hybridized carbons (Fsp3) is 0.368. The summed E-state index contributed by atoms with van der Waals surface area (Å²) < 4.78 is 2.14. The minimum Gasteiger partial charge on any atom is -0.338 e. The predicted molar refractivity (Wildman–Crippen MR) is 101 cm³/mol. The molecule has 1 atom stereocenters. The molecule has 3 aromatic rings. The first kappa shape index (κ1) is 16.1. The molecular weight excluding hydrogens is 332 g/mol. The Hall–Kier alpha value is -2.34. The summed E-state index contributed by atoms with van der Waals surface area (Å²) in [5.74, 6) is 0. The number of para-hydroxylation sites is 2. The Morgan fingerprint density at radius 1 is 1.32 bits per heavy atom. The summed E-state index contributed by atoms with van der Waals surface area (Å²) in [6.07, 6.45) is 4.91. The molecule has 6 heteroatoms. The maximum atomic E-state index is 12.5. The Morgan fingerprint density at radius 3 is 3.12 bits per heavy atom. The van der Waals surface area contributed by atoms with E-state index in [0.717, 1.165) is 43.4 Å². The Balaban J connectivity index is 1.29. The smallest absolute Gasteiger partial charge is 0.317 e. The van der Waals surface area contributed by atoms with E-state index in [-0.39, 0.29) is 12.1 Å². The number of hydrogen-bond acceptors (Lipinski definition) is 3. The number of aromatic nitrogens is 2. The number of carbonyl (C=O) groups excluding carboxylic acids is 1. The molecule has 1 saturated heterocycles. The lowest BCUT2D eigenvalue weighted by atomic mass is 10.1. The molecule has 25 heavy (non-hydrogen) atoms. The summed E-state index contributed by atoms with van der Waals surface area (Å²) in [5.41, 5.74) is 3.43. The van der Waals surface area contributed by atoms with Gasteiger partial charge in [0.2, 0.25) is 0 Å². The van der Waals surface area contributed by atoms with Crippen LogP contribution in [0.25, 0.3) is 11.0 Å². The zero-order valence-corrected chi connectivity index (χ0v) is 14.9. The third kappa shape index (κ3) is 3.39. The summed E-state index contributed by atoms with van der Waals surface area (Å²) in [4.78, 5) is 18.9. The lowest BCUT2D eigenvalue weighted by Gasteiger charge is -2.24. The van der Waals surface area contributed by atoms with E-state index in [0.29, 0.717) is 6.54 Å². The van der Waals surface area contributed by atoms with Crippen molar-refractivity contribution in [1.29, 1.82) is 0 Å². The van der Waals surface area contributed by atoms with E-state index >= 15 is 0 Å². The first-order valence-corrected chi connectivity index (χ1v) is 9.73. The fourth-order valence-corrected chi connectivity index (χ4v) is 4.26. The number of aryl methyl sites for hydroxylation is 1. The maximum absolute atomic E-state index is 12.5. The van der Waals surface area contributed by atoms with Crippen molar-refractivity contribution in [2.45, 2.75) is 31.8 Å². The second-order valence-corrected chi connectivity index (χ2v) is 7.20. The number of thiophene rings is 1. The number of nitrogens with zero attached hydrogens (tertiary/aromatic N) is 3. The molecule has 1 aromatic carbocycles. The molecule has 2 amide bonds. The highest BCUT2D eigenvalue weighted by Crippen LogP contribution is 2.32. The highest BCUT2D eigenvalue weighted by atomic mass is 32.1. The summed E-state index contributed by atoms with van der Waals surface area (Å²) in [5, 5.41) is 7.32. The van der Waals surface area contributed by atoms with Crippen LogP contribution >= 0.6 is 11.3 Å². The Morgan fingerprint density at radius 2 is 2.24 bits per heavy atom. The quantitative estimate of drug-likeness (QED) is 0.703. The van der Waals surface area contributed by atoms with Gasteiger partial charge in [-0.25, -0.2) is 9.78 Å². The van der Waals surface area contributed by atoms with E-state index in [1.807, 2.05) is 29.4 Å². The topological polar surface area (TPSA) is 50.2 Å². The first-order valence-electron chi connectivity index (χ1n) is 8.79. The molecule has 2 aromatic heterocycles. The molecule has 1 aliphatic heterocycles. The Kier molecular flexibility index (Phi) is 4.70. The number of fused-ring (bicyclic) bond motifs is 1. The second kappa shape index (κ2) is 7.27. The Bertz CT molecular complexity index is 842. The number of urea groups is 1. The molecule has 1 N–H and O–H groups in total. The normalized spacial score (nSPS) is 17.3. The van der Waals surface area contributed by atoms with E-state index in [4.69, 9.17) is 0 Å². The van der Waals surface area contributed by atoms with E-state index in [9.17, 15) is 4.79 Å². The molecule has 1 aliphatic rings. The third-order valence-corrected chi connectivity index (χ3v) is 5.52. The van der Waals surface area contributed by atoms with Crippen LogP contribution in [0.3, 0.4) is 0 Å². The highest BCUT2D eigenvalue weighted by molar-refractivity contribution is 7.08. The van der Waals surface area contributed by atoms with Crippen molar-refractivity contribution in [3.05, 3.63) is 53.0 Å². The molecule has 5 nitrogen and oxygen atoms in total. The number of imidazole rings is 1. The van der Waals surface area contributed by atoms with Crippen LogP contribution < -0.4 is 5.32 Å². The van der Waals surface area contributed by atoms with Crippen LogP contribution in [0.4, 0.5) is 4.79 Å². The second-order valence-electron chi connectivity index (χ2n) is 6.42. The number of benzene rings is 1. The van der Waals surface area contributed by atoms with E-state index < -0.39 is 0 Å². The van der Waals surface area contributed by atoms with Crippen LogP contribution in [0.2, 0.25) is 0 Å². The zero-order valence-electron chi connectivity index (χ0n) is 14.1. The third-order valence-electron chi connectivity index (χ3n) is 4.82. The molecule has 0 spiro atoms. The van der Waals surface area contributed by atoms with Crippen LogP contribution in [0.15, 0.2) is 47.4 Å². The number of amides is 2. The number of hydrogen-bond donors (Lipinski definition) is 1. The van der Waals surface area contributed by atoms with E-state index in [1.165, 1.54) is 5.56 Å². The number of rotatable bonds is 5. The van der Waals surface area contributed by atoms with Crippen molar-refractivity contribution >= 4 is 28.4 Å². The summed E-state index contributed by atoms with van der Waals surface area (Å²) >= 11 is 1.69. The first-order chi connectivity index (χ1) is 12.3. The van der Waals surface area contributed by atoms with Crippen LogP contribution in [0.1, 0.15) is 30.9 Å². The molecular formula is C19H22N4OS. The SMILES string of the molecule is O=C(NCCCn1cnc2ccccc21)N1CCCC1c1ccsc1. The van der Waals surface area contributed by atoms with Crippen LogP contribution in [-0.4, -0.2) is 33.6 Å². The van der Waals surface area contributed by atoms with Gasteiger partial charge in [-0.15, -0.1) is 0 Å². The molecule has 4 rings (SSSR count). The van der Waals surface area contributed by atoms with Crippen molar-refractivity contribution < 1.29 is 4.79 Å². The molecule has 1 fully saturated rings. The van der Waals surface area contributed by atoms with Gasteiger partial charge in [0.05, 0.1) is 23.4 Å². The van der Waals surface area contributed by atoms with Crippen LogP contribution in [0, 0.1) is 0 Å². The van der Waals surface area contributed by atoms with Gasteiger partial charge in [-0.1, -0.05) is 12.1 Å². The molecule has 0 saturated carbocycles. The van der Waals surface area contributed by atoms with Crippen molar-refractivity contribution in [1.82, 2.24) is 19.8 Å². The highest BCUT2D eigenvalue weighted by Gasteiger charge is 2.29. The van der Waals surface area contributed by atoms with E-state index in [1.54, 1.807) is 11.3 Å². The number of likely N-dealkylation sites (tertiary alicyclic amines) is 1. The average molecular weight is 354 g/mol. The summed E-state index contributed by atoms with van der Waals surface area (Å²) in [6, 6.07) is 10.6. The lowest BCUT2D eigenvalue weighted by Crippen LogP contribution is -2.40. The van der Waals surface area contributed by atoms with Crippen molar-refractivity contribution in [3.63, 3.8) is 0 Å². The lowest BCUT2D eigenvalue weighted by molar-refractivity contribution is 0.193. The molecule has 130 valence electrons. The maximum Gasteiger partial charge on any atom is 0.317 e. The Labute approximate surface area is 151 Å². The van der Waals surface area contributed by atoms with Gasteiger partial charge in [-0.3, -0.25) is 0 Å².